The van der Waals surface area contributed by atoms with E-state index in [-0.39, 0.29) is 17.9 Å². The molecular formula is C56H64N6O9. The third-order valence-electron chi connectivity index (χ3n) is 17.8. The van der Waals surface area contributed by atoms with Gasteiger partial charge in [-0.3, -0.25) is 19.3 Å². The van der Waals surface area contributed by atoms with Gasteiger partial charge >= 0.3 is 17.9 Å². The van der Waals surface area contributed by atoms with Crippen molar-refractivity contribution in [1.29, 1.82) is 0 Å². The normalized spacial score (nSPS) is 32.6. The zero-order valence-corrected chi connectivity index (χ0v) is 41.7. The van der Waals surface area contributed by atoms with Gasteiger partial charge in [0.1, 0.15) is 16.9 Å². The Labute approximate surface area is 413 Å². The molecule has 5 aromatic rings. The lowest BCUT2D eigenvalue weighted by atomic mass is 9.47. The monoisotopic (exact) mass is 964 g/mol. The Kier molecular flexibility index (Phi) is 11.2. The van der Waals surface area contributed by atoms with Crippen LogP contribution >= 0.6 is 0 Å². The van der Waals surface area contributed by atoms with E-state index < -0.39 is 57.4 Å². The van der Waals surface area contributed by atoms with E-state index in [1.54, 1.807) is 13.2 Å². The Morgan fingerprint density at radius 3 is 2.42 bits per heavy atom. The molecule has 3 aromatic carbocycles. The first-order valence-corrected chi connectivity index (χ1v) is 25.1. The number of esters is 3. The van der Waals surface area contributed by atoms with Gasteiger partial charge in [-0.1, -0.05) is 68.5 Å². The van der Waals surface area contributed by atoms with Crippen LogP contribution in [0.15, 0.2) is 84.9 Å². The van der Waals surface area contributed by atoms with Gasteiger partial charge in [0.15, 0.2) is 6.10 Å². The number of methoxy groups -OCH3 is 3. The molecule has 2 bridgehead atoms. The van der Waals surface area contributed by atoms with E-state index in [0.717, 1.165) is 44.3 Å². The van der Waals surface area contributed by atoms with Crippen molar-refractivity contribution in [2.45, 2.75) is 99.5 Å². The van der Waals surface area contributed by atoms with Crippen LogP contribution in [0.25, 0.3) is 21.8 Å². The highest BCUT2D eigenvalue weighted by molar-refractivity contribution is 5.96. The second-order valence-electron chi connectivity index (χ2n) is 21.1. The van der Waals surface area contributed by atoms with Crippen molar-refractivity contribution in [1.82, 2.24) is 25.1 Å². The molecule has 6 aliphatic rings. The van der Waals surface area contributed by atoms with Crippen molar-refractivity contribution in [3.63, 3.8) is 0 Å². The molecule has 1 aliphatic carbocycles. The summed E-state index contributed by atoms with van der Waals surface area (Å²) in [5.41, 5.74) is -0.598. The van der Waals surface area contributed by atoms with Crippen molar-refractivity contribution in [3.05, 3.63) is 113 Å². The van der Waals surface area contributed by atoms with Gasteiger partial charge < -0.3 is 44.2 Å². The fraction of sp³-hybridized carbons (Fsp3) is 0.482. The lowest BCUT2D eigenvalue weighted by molar-refractivity contribution is -0.228. The first kappa shape index (κ1) is 47.1. The number of pyridine rings is 1. The van der Waals surface area contributed by atoms with Crippen LogP contribution in [0.2, 0.25) is 0 Å². The molecular weight excluding hydrogens is 901 g/mol. The molecule has 15 nitrogen and oxygen atoms in total. The largest absolute Gasteiger partial charge is 0.496 e. The molecule has 7 heterocycles. The number of fused-ring (bicyclic) bond motifs is 7. The van der Waals surface area contributed by atoms with Gasteiger partial charge in [0, 0.05) is 96.3 Å². The third kappa shape index (κ3) is 6.53. The quantitative estimate of drug-likeness (QED) is 0.0896. The summed E-state index contributed by atoms with van der Waals surface area (Å²) in [4.78, 5) is 73.3. The van der Waals surface area contributed by atoms with Crippen molar-refractivity contribution >= 4 is 51.3 Å². The van der Waals surface area contributed by atoms with Crippen molar-refractivity contribution in [2.75, 3.05) is 66.0 Å². The highest BCUT2D eigenvalue weighted by Gasteiger charge is 2.80. The number of aromatic nitrogens is 2. The van der Waals surface area contributed by atoms with Gasteiger partial charge in [-0.15, -0.1) is 0 Å². The maximum atomic E-state index is 15.8. The standard InChI is InChI=1S/C56H64N6O9/c1-8-52(59-46(64)42-20-19-35-15-10-12-17-40(35)57-42)29-34-30-55(50(65)69-6,45-37(21-25-61(31-34)32-52)36-16-11-13-18-41(36)58-45)39-27-38-43(28-44(39)68-5)60(4)48-54(38)23-26-62-24-14-22-53(9-2,47(54)62)49(71-33(3)63)56(48,67)51(66)70-7/h10-20,22,27-28,34,47-49,58,67H,8-9,21,23-26,29-32H2,1-7H3,(H,59,64)/t34-,47+,48-,49-,52+,53-,54-,55+,56+/m1/s1. The fourth-order valence-corrected chi connectivity index (χ4v) is 15.2. The van der Waals surface area contributed by atoms with Crippen LogP contribution in [-0.2, 0) is 45.8 Å². The number of ether oxygens (including phenoxy) is 4. The number of para-hydroxylation sites is 2. The van der Waals surface area contributed by atoms with Gasteiger partial charge in [-0.2, -0.15) is 0 Å². The van der Waals surface area contributed by atoms with Crippen LogP contribution in [0.3, 0.4) is 0 Å². The molecule has 1 amide bonds. The second kappa shape index (κ2) is 16.9. The van der Waals surface area contributed by atoms with Crippen LogP contribution in [0.4, 0.5) is 5.69 Å². The summed E-state index contributed by atoms with van der Waals surface area (Å²) in [5, 5.41) is 19.0. The number of hydrogen-bond acceptors (Lipinski definition) is 13. The number of rotatable bonds is 9. The van der Waals surface area contributed by atoms with Crippen LogP contribution in [0.5, 0.6) is 5.75 Å². The Balaban J connectivity index is 1.12. The molecule has 372 valence electrons. The van der Waals surface area contributed by atoms with Gasteiger partial charge in [-0.05, 0) is 86.4 Å². The summed E-state index contributed by atoms with van der Waals surface area (Å²) < 4.78 is 24.3. The maximum absolute atomic E-state index is 15.8. The molecule has 1 unspecified atom stereocenters. The molecule has 3 fully saturated rings. The highest BCUT2D eigenvalue weighted by atomic mass is 16.6. The number of amides is 1. The number of aliphatic hydroxyl groups is 1. The summed E-state index contributed by atoms with van der Waals surface area (Å²) in [5.74, 6) is -1.94. The highest BCUT2D eigenvalue weighted by Crippen LogP contribution is 2.68. The minimum atomic E-state index is -2.34. The van der Waals surface area contributed by atoms with Crippen LogP contribution < -0.4 is 15.0 Å². The van der Waals surface area contributed by atoms with Crippen LogP contribution in [0, 0.1) is 11.3 Å². The molecule has 15 heteroatoms. The molecule has 3 N–H and O–H groups in total. The van der Waals surface area contributed by atoms with E-state index >= 15 is 4.79 Å². The van der Waals surface area contributed by atoms with Gasteiger partial charge in [0.2, 0.25) is 5.60 Å². The van der Waals surface area contributed by atoms with E-state index in [9.17, 15) is 19.5 Å². The first-order valence-electron chi connectivity index (χ1n) is 25.1. The zero-order chi connectivity index (χ0) is 49.8. The smallest absolute Gasteiger partial charge is 0.344 e. The molecule has 0 radical (unpaired) electrons. The molecule has 1 spiro atoms. The number of nitrogens with zero attached hydrogens (tertiary/aromatic N) is 4. The van der Waals surface area contributed by atoms with Gasteiger partial charge in [0.05, 0.1) is 38.4 Å². The van der Waals surface area contributed by atoms with E-state index in [4.69, 9.17) is 23.9 Å². The second-order valence-corrected chi connectivity index (χ2v) is 21.1. The molecule has 2 saturated heterocycles. The van der Waals surface area contributed by atoms with Gasteiger partial charge in [-0.25, -0.2) is 9.78 Å². The molecule has 5 aliphatic heterocycles. The number of benzene rings is 3. The zero-order valence-electron chi connectivity index (χ0n) is 41.7. The number of carbonyl (C=O) groups is 4. The predicted molar refractivity (Wildman–Crippen MR) is 267 cm³/mol. The lowest BCUT2D eigenvalue weighted by Crippen LogP contribution is -2.81. The number of piperidine rings is 1. The Morgan fingerprint density at radius 2 is 1.68 bits per heavy atom. The topological polar surface area (TPSA) is 176 Å². The summed E-state index contributed by atoms with van der Waals surface area (Å²) in [7, 11) is 6.16. The average molecular weight is 965 g/mol. The van der Waals surface area contributed by atoms with Crippen molar-refractivity contribution in [2.24, 2.45) is 11.3 Å². The molecule has 71 heavy (non-hydrogen) atoms. The van der Waals surface area contributed by atoms with Crippen molar-refractivity contribution < 1.29 is 43.2 Å². The molecule has 1 saturated carbocycles. The summed E-state index contributed by atoms with van der Waals surface area (Å²) in [6.07, 6.45) is 5.90. The van der Waals surface area contributed by atoms with E-state index in [1.807, 2.05) is 73.5 Å². The minimum Gasteiger partial charge on any atom is -0.496 e. The SMILES string of the molecule is CC[C@]1(NC(=O)c2ccc3ccccc3n2)C[C@H]2CN(CCc3c([nH]c4ccccc34)[C@@](C(=O)OC)(c3cc4c(cc3OC)N(C)[C@H]3[C@@](O)(C(=O)OC)[C@H](OC(C)=O)[C@]5(CC)C=CCN6CC[C@]43[C@@H]65)C2)C1. The maximum Gasteiger partial charge on any atom is 0.344 e. The molecule has 10 atom stereocenters. The summed E-state index contributed by atoms with van der Waals surface area (Å²) in [6.45, 7) is 8.65. The van der Waals surface area contributed by atoms with Crippen molar-refractivity contribution in [3.8, 4) is 5.75 Å². The van der Waals surface area contributed by atoms with E-state index in [0.29, 0.717) is 88.3 Å². The first-order chi connectivity index (χ1) is 34.2. The Hall–Kier alpha value is -6.29. The Morgan fingerprint density at radius 1 is 0.901 bits per heavy atom. The predicted octanol–water partition coefficient (Wildman–Crippen LogP) is 5.98. The van der Waals surface area contributed by atoms with Crippen LogP contribution in [-0.4, -0.2) is 139 Å². The number of nitrogens with one attached hydrogen (secondary N) is 2. The number of hydrogen-bond donors (Lipinski definition) is 3. The van der Waals surface area contributed by atoms with E-state index in [1.165, 1.54) is 21.1 Å². The fourth-order valence-electron chi connectivity index (χ4n) is 15.2. The van der Waals surface area contributed by atoms with E-state index in [2.05, 4.69) is 51.3 Å². The number of anilines is 1. The minimum absolute atomic E-state index is 0.154. The molecule has 11 rings (SSSR count). The lowest BCUT2D eigenvalue weighted by Gasteiger charge is -2.63. The number of carbonyl (C=O) groups excluding carboxylic acids is 4. The number of aromatic amines is 1. The summed E-state index contributed by atoms with van der Waals surface area (Å²) >= 11 is 0. The number of likely N-dealkylation sites (N-methyl/N-ethyl adjacent to an activating group) is 1. The Bertz CT molecular complexity index is 3050. The number of H-pyrrole nitrogens is 1. The van der Waals surface area contributed by atoms with Gasteiger partial charge in [0.25, 0.3) is 5.91 Å². The average Bonchev–Trinajstić information content (AvgIpc) is 4.05. The molecule has 2 aromatic heterocycles. The third-order valence-corrected chi connectivity index (χ3v) is 17.8. The summed E-state index contributed by atoms with van der Waals surface area (Å²) in [6, 6.07) is 22.4. The van der Waals surface area contributed by atoms with Crippen LogP contribution in [0.1, 0.15) is 85.7 Å².